The Morgan fingerprint density at radius 1 is 1.17 bits per heavy atom. The highest BCUT2D eigenvalue weighted by Gasteiger charge is 1.84. The minimum atomic E-state index is 0. The molecule has 0 fully saturated rings. The predicted octanol–water partition coefficient (Wildman–Crippen LogP) is -1.16. The molecule has 0 unspecified atom stereocenters. The fourth-order valence-corrected chi connectivity index (χ4v) is 0.589. The maximum atomic E-state index is 2.24. The molecule has 6 heavy (non-hydrogen) atoms. The standard InChI is InChI=1S/C5H8.FH/c1-2-4-5-3-1;/h1-2H,3-5H2;1H. The van der Waals surface area contributed by atoms with Gasteiger partial charge in [-0.15, -0.1) is 0 Å². The van der Waals surface area contributed by atoms with Crippen LogP contribution in [0.4, 0.5) is 0 Å². The molecular formula is C5H9F. The molecule has 1 aliphatic rings. The molecule has 0 aromatic rings. The Hall–Kier alpha value is -0.330. The first kappa shape index (κ1) is 5.67. The van der Waals surface area contributed by atoms with E-state index >= 15 is 0 Å². The van der Waals surface area contributed by atoms with Crippen molar-refractivity contribution in [1.82, 2.24) is 0 Å². The summed E-state index contributed by atoms with van der Waals surface area (Å²) in [5, 5.41) is 0. The van der Waals surface area contributed by atoms with Crippen LogP contribution in [-0.2, 0) is 0 Å². The topological polar surface area (TPSA) is 0 Å². The van der Waals surface area contributed by atoms with E-state index in [0.717, 1.165) is 0 Å². The van der Waals surface area contributed by atoms with Gasteiger partial charge in [0.1, 0.15) is 0 Å². The van der Waals surface area contributed by atoms with Gasteiger partial charge in [-0.3, -0.25) is 0 Å². The molecule has 0 heterocycles. The van der Waals surface area contributed by atoms with Crippen LogP contribution < -0.4 is 4.70 Å². The second kappa shape index (κ2) is 2.88. The lowest BCUT2D eigenvalue weighted by molar-refractivity contribution is -0.00000105. The molecule has 0 nitrogen and oxygen atoms in total. The molecule has 0 saturated carbocycles. The lowest BCUT2D eigenvalue weighted by Crippen LogP contribution is -3.00. The molecule has 0 spiro atoms. The van der Waals surface area contributed by atoms with E-state index in [1.807, 2.05) is 0 Å². The molecule has 0 saturated heterocycles. The Bertz CT molecular complexity index is 46.0. The average molecular weight is 88.1 g/mol. The van der Waals surface area contributed by atoms with Gasteiger partial charge in [-0.05, 0) is 19.3 Å². The SMILES string of the molecule is C1=CCCC1.[F-].[H+]. The molecule has 36 valence electrons. The summed E-state index contributed by atoms with van der Waals surface area (Å²) < 4.78 is 0. The van der Waals surface area contributed by atoms with Crippen LogP contribution in [0.5, 0.6) is 0 Å². The minimum absolute atomic E-state index is 0. The van der Waals surface area contributed by atoms with Gasteiger partial charge in [-0.1, -0.05) is 12.2 Å². The Balaban J connectivity index is 0. The molecule has 0 radical (unpaired) electrons. The summed E-state index contributed by atoms with van der Waals surface area (Å²) in [5.41, 5.74) is 0. The first-order chi connectivity index (χ1) is 2.50. The summed E-state index contributed by atoms with van der Waals surface area (Å²) >= 11 is 0. The fourth-order valence-electron chi connectivity index (χ4n) is 0.589. The molecule has 0 amide bonds. The Morgan fingerprint density at radius 3 is 1.83 bits per heavy atom. The number of rotatable bonds is 0. The van der Waals surface area contributed by atoms with Crippen molar-refractivity contribution in [2.24, 2.45) is 0 Å². The molecule has 1 heteroatoms. The molecule has 0 aliphatic heterocycles. The third-order valence-electron chi connectivity index (χ3n) is 0.908. The monoisotopic (exact) mass is 88.1 g/mol. The van der Waals surface area contributed by atoms with Crippen LogP contribution >= 0.6 is 0 Å². The molecule has 1 aliphatic carbocycles. The third kappa shape index (κ3) is 1.20. The zero-order chi connectivity index (χ0) is 3.54. The van der Waals surface area contributed by atoms with E-state index < -0.39 is 0 Å². The Kier molecular flexibility index (Phi) is 2.73. The van der Waals surface area contributed by atoms with E-state index in [1.165, 1.54) is 19.3 Å². The van der Waals surface area contributed by atoms with Crippen molar-refractivity contribution in [2.45, 2.75) is 19.3 Å². The van der Waals surface area contributed by atoms with Gasteiger partial charge in [0, 0.05) is 0 Å². The van der Waals surface area contributed by atoms with Gasteiger partial charge >= 0.3 is 1.43 Å². The summed E-state index contributed by atoms with van der Waals surface area (Å²) in [4.78, 5) is 0. The highest BCUT2D eigenvalue weighted by atomic mass is 19.0. The summed E-state index contributed by atoms with van der Waals surface area (Å²) in [6.07, 6.45) is 8.50. The van der Waals surface area contributed by atoms with Gasteiger partial charge in [0.15, 0.2) is 0 Å². The van der Waals surface area contributed by atoms with Gasteiger partial charge in [-0.2, -0.15) is 0 Å². The van der Waals surface area contributed by atoms with Gasteiger partial charge in [0.2, 0.25) is 0 Å². The van der Waals surface area contributed by atoms with Crippen molar-refractivity contribution in [3.8, 4) is 0 Å². The first-order valence-corrected chi connectivity index (χ1v) is 2.15. The van der Waals surface area contributed by atoms with Gasteiger partial charge in [-0.25, -0.2) is 0 Å². The van der Waals surface area contributed by atoms with E-state index in [1.54, 1.807) is 0 Å². The van der Waals surface area contributed by atoms with E-state index in [0.29, 0.717) is 0 Å². The Labute approximate surface area is 38.7 Å². The lowest BCUT2D eigenvalue weighted by Gasteiger charge is -1.69. The van der Waals surface area contributed by atoms with Gasteiger partial charge in [0.05, 0.1) is 0 Å². The molecule has 0 aromatic heterocycles. The van der Waals surface area contributed by atoms with Crippen LogP contribution in [0, 0.1) is 0 Å². The van der Waals surface area contributed by atoms with Crippen LogP contribution in [0.2, 0.25) is 0 Å². The van der Waals surface area contributed by atoms with Crippen molar-refractivity contribution in [3.05, 3.63) is 12.2 Å². The summed E-state index contributed by atoms with van der Waals surface area (Å²) in [6, 6.07) is 0. The number of allylic oxidation sites excluding steroid dienone is 2. The average Bonchev–Trinajstić information content (AvgIpc) is 1.76. The second-order valence-electron chi connectivity index (χ2n) is 1.40. The van der Waals surface area contributed by atoms with E-state index in [2.05, 4.69) is 12.2 Å². The van der Waals surface area contributed by atoms with Crippen molar-refractivity contribution in [3.63, 3.8) is 0 Å². The molecule has 0 aromatic carbocycles. The summed E-state index contributed by atoms with van der Waals surface area (Å²) in [6.45, 7) is 0. The quantitative estimate of drug-likeness (QED) is 0.328. The predicted molar refractivity (Wildman–Crippen MR) is 24.1 cm³/mol. The summed E-state index contributed by atoms with van der Waals surface area (Å²) in [7, 11) is 0. The van der Waals surface area contributed by atoms with E-state index in [-0.39, 0.29) is 6.13 Å². The largest absolute Gasteiger partial charge is 1.00 e. The molecule has 0 bridgehead atoms. The maximum Gasteiger partial charge on any atom is 1.00 e. The molecule has 0 N–H and O–H groups in total. The normalized spacial score (nSPS) is 17.3. The van der Waals surface area contributed by atoms with Gasteiger partial charge in [0.25, 0.3) is 0 Å². The minimum Gasteiger partial charge on any atom is -1.00 e. The van der Waals surface area contributed by atoms with Crippen molar-refractivity contribution >= 4 is 0 Å². The van der Waals surface area contributed by atoms with E-state index in [9.17, 15) is 0 Å². The number of hydrogen-bond donors (Lipinski definition) is 0. The summed E-state index contributed by atoms with van der Waals surface area (Å²) in [5.74, 6) is 0. The first-order valence-electron chi connectivity index (χ1n) is 2.15. The maximum absolute atomic E-state index is 2.24. The van der Waals surface area contributed by atoms with Crippen LogP contribution in [0.3, 0.4) is 0 Å². The van der Waals surface area contributed by atoms with Crippen molar-refractivity contribution in [2.75, 3.05) is 0 Å². The molecular weight excluding hydrogens is 79.1 g/mol. The Morgan fingerprint density at radius 2 is 1.67 bits per heavy atom. The smallest absolute Gasteiger partial charge is 1.00 e. The zero-order valence-corrected chi connectivity index (χ0v) is 3.65. The highest BCUT2D eigenvalue weighted by molar-refractivity contribution is 4.88. The molecule has 1 rings (SSSR count). The molecule has 0 atom stereocenters. The number of halogens is 1. The number of hydrogen-bond acceptors (Lipinski definition) is 0. The van der Waals surface area contributed by atoms with Crippen LogP contribution in [0.1, 0.15) is 20.7 Å². The third-order valence-corrected chi connectivity index (χ3v) is 0.908. The lowest BCUT2D eigenvalue weighted by atomic mass is 10.4. The van der Waals surface area contributed by atoms with E-state index in [4.69, 9.17) is 0 Å². The highest BCUT2D eigenvalue weighted by Crippen LogP contribution is 2.05. The van der Waals surface area contributed by atoms with Crippen molar-refractivity contribution < 1.29 is 6.13 Å². The fraction of sp³-hybridized carbons (Fsp3) is 0.600. The van der Waals surface area contributed by atoms with Crippen molar-refractivity contribution in [1.29, 1.82) is 0 Å². The second-order valence-corrected chi connectivity index (χ2v) is 1.40. The van der Waals surface area contributed by atoms with Gasteiger partial charge < -0.3 is 4.70 Å². The van der Waals surface area contributed by atoms with Crippen LogP contribution in [0.25, 0.3) is 0 Å². The van der Waals surface area contributed by atoms with Crippen LogP contribution in [-0.4, -0.2) is 0 Å². The zero-order valence-electron chi connectivity index (χ0n) is 4.65. The van der Waals surface area contributed by atoms with Crippen LogP contribution in [0.15, 0.2) is 12.2 Å².